The van der Waals surface area contributed by atoms with Gasteiger partial charge in [0, 0.05) is 6.42 Å². The molecule has 0 radical (unpaired) electrons. The monoisotopic (exact) mass is 201 g/mol. The highest BCUT2D eigenvalue weighted by molar-refractivity contribution is 5.66. The first-order chi connectivity index (χ1) is 6.60. The fraction of sp³-hybridized carbons (Fsp3) is 0.909. The molecule has 0 aliphatic rings. The molecule has 14 heavy (non-hydrogen) atoms. The molecule has 0 bridgehead atoms. The van der Waals surface area contributed by atoms with E-state index in [4.69, 9.17) is 5.11 Å². The number of aliphatic carboxylic acids is 1. The number of hydrogen-bond donors (Lipinski definition) is 1. The second-order valence-electron chi connectivity index (χ2n) is 3.85. The Bertz CT molecular complexity index is 155. The Morgan fingerprint density at radius 3 is 2.29 bits per heavy atom. The van der Waals surface area contributed by atoms with Crippen LogP contribution in [0.1, 0.15) is 40.0 Å². The Morgan fingerprint density at radius 1 is 1.29 bits per heavy atom. The van der Waals surface area contributed by atoms with E-state index in [0.717, 1.165) is 32.5 Å². The topological polar surface area (TPSA) is 40.5 Å². The maximum Gasteiger partial charge on any atom is 0.303 e. The van der Waals surface area contributed by atoms with Crippen molar-refractivity contribution in [1.29, 1.82) is 0 Å². The first-order valence-electron chi connectivity index (χ1n) is 5.54. The lowest BCUT2D eigenvalue weighted by Crippen LogP contribution is -2.25. The molecule has 0 spiro atoms. The first kappa shape index (κ1) is 13.4. The Balaban J connectivity index is 3.51. The summed E-state index contributed by atoms with van der Waals surface area (Å²) in [5.41, 5.74) is 0. The molecule has 84 valence electrons. The van der Waals surface area contributed by atoms with Gasteiger partial charge >= 0.3 is 5.97 Å². The van der Waals surface area contributed by atoms with Crippen molar-refractivity contribution < 1.29 is 9.90 Å². The third kappa shape index (κ3) is 6.89. The quantitative estimate of drug-likeness (QED) is 0.654. The molecule has 1 unspecified atom stereocenters. The molecule has 1 atom stereocenters. The Labute approximate surface area is 87.1 Å². The predicted octanol–water partition coefficient (Wildman–Crippen LogP) is 2.22. The molecule has 0 aliphatic heterocycles. The summed E-state index contributed by atoms with van der Waals surface area (Å²) in [6.45, 7) is 9.71. The largest absolute Gasteiger partial charge is 0.481 e. The second kappa shape index (κ2) is 7.80. The third-order valence-corrected chi connectivity index (χ3v) is 2.68. The predicted molar refractivity (Wildman–Crippen MR) is 58.4 cm³/mol. The molecule has 3 nitrogen and oxygen atoms in total. The third-order valence-electron chi connectivity index (χ3n) is 2.68. The van der Waals surface area contributed by atoms with Gasteiger partial charge in [0.25, 0.3) is 0 Å². The van der Waals surface area contributed by atoms with E-state index in [-0.39, 0.29) is 0 Å². The van der Waals surface area contributed by atoms with Crippen molar-refractivity contribution in [2.24, 2.45) is 5.92 Å². The van der Waals surface area contributed by atoms with Gasteiger partial charge in [-0.2, -0.15) is 0 Å². The highest BCUT2D eigenvalue weighted by Crippen LogP contribution is 2.10. The van der Waals surface area contributed by atoms with E-state index in [0.29, 0.717) is 12.3 Å². The van der Waals surface area contributed by atoms with E-state index in [1.54, 1.807) is 0 Å². The molecule has 0 aliphatic carbocycles. The van der Waals surface area contributed by atoms with Gasteiger partial charge in [0.2, 0.25) is 0 Å². The van der Waals surface area contributed by atoms with Crippen molar-refractivity contribution in [2.75, 3.05) is 19.6 Å². The molecule has 0 aromatic heterocycles. The Morgan fingerprint density at radius 2 is 1.86 bits per heavy atom. The Hall–Kier alpha value is -0.570. The van der Waals surface area contributed by atoms with E-state index < -0.39 is 5.97 Å². The highest BCUT2D eigenvalue weighted by atomic mass is 16.4. The van der Waals surface area contributed by atoms with Crippen LogP contribution in [0.5, 0.6) is 0 Å². The van der Waals surface area contributed by atoms with Gasteiger partial charge in [0.15, 0.2) is 0 Å². The fourth-order valence-electron chi connectivity index (χ4n) is 1.46. The molecule has 0 heterocycles. The summed E-state index contributed by atoms with van der Waals surface area (Å²) in [6, 6.07) is 0. The standard InChI is InChI=1S/C11H23NO2/c1-4-12(5-2)9-8-10(3)6-7-11(13)14/h10H,4-9H2,1-3H3,(H,13,14). The number of carbonyl (C=O) groups is 1. The first-order valence-corrected chi connectivity index (χ1v) is 5.54. The zero-order chi connectivity index (χ0) is 11.0. The van der Waals surface area contributed by atoms with Gasteiger partial charge in [-0.3, -0.25) is 4.79 Å². The second-order valence-corrected chi connectivity index (χ2v) is 3.85. The van der Waals surface area contributed by atoms with Gasteiger partial charge in [0.05, 0.1) is 0 Å². The zero-order valence-corrected chi connectivity index (χ0v) is 9.62. The van der Waals surface area contributed by atoms with Gasteiger partial charge in [0.1, 0.15) is 0 Å². The van der Waals surface area contributed by atoms with Gasteiger partial charge in [-0.1, -0.05) is 20.8 Å². The van der Waals surface area contributed by atoms with Gasteiger partial charge in [-0.15, -0.1) is 0 Å². The van der Waals surface area contributed by atoms with Crippen molar-refractivity contribution in [2.45, 2.75) is 40.0 Å². The number of nitrogens with zero attached hydrogens (tertiary/aromatic N) is 1. The van der Waals surface area contributed by atoms with Crippen LogP contribution in [0.4, 0.5) is 0 Å². The number of rotatable bonds is 8. The van der Waals surface area contributed by atoms with Crippen LogP contribution in [-0.2, 0) is 4.79 Å². The summed E-state index contributed by atoms with van der Waals surface area (Å²) in [6.07, 6.45) is 2.21. The van der Waals surface area contributed by atoms with Gasteiger partial charge < -0.3 is 10.0 Å². The number of carboxylic acids is 1. The summed E-state index contributed by atoms with van der Waals surface area (Å²) >= 11 is 0. The minimum absolute atomic E-state index is 0.305. The highest BCUT2D eigenvalue weighted by Gasteiger charge is 2.07. The van der Waals surface area contributed by atoms with Crippen LogP contribution in [-0.4, -0.2) is 35.6 Å². The molecular formula is C11H23NO2. The van der Waals surface area contributed by atoms with Crippen LogP contribution in [0.15, 0.2) is 0 Å². The lowest BCUT2D eigenvalue weighted by molar-refractivity contribution is -0.137. The number of carboxylic acid groups (broad SMARTS) is 1. The zero-order valence-electron chi connectivity index (χ0n) is 9.62. The molecule has 0 aromatic carbocycles. The van der Waals surface area contributed by atoms with Gasteiger partial charge in [-0.25, -0.2) is 0 Å². The van der Waals surface area contributed by atoms with Crippen LogP contribution in [0, 0.1) is 5.92 Å². The molecule has 1 N–H and O–H groups in total. The van der Waals surface area contributed by atoms with Crippen molar-refractivity contribution in [3.63, 3.8) is 0 Å². The summed E-state index contributed by atoms with van der Waals surface area (Å²) in [4.78, 5) is 12.7. The summed E-state index contributed by atoms with van der Waals surface area (Å²) in [5, 5.41) is 8.52. The minimum Gasteiger partial charge on any atom is -0.481 e. The minimum atomic E-state index is -0.681. The molecule has 0 rings (SSSR count). The van der Waals surface area contributed by atoms with Crippen LogP contribution < -0.4 is 0 Å². The molecule has 0 amide bonds. The maximum absolute atomic E-state index is 10.3. The Kier molecular flexibility index (Phi) is 7.48. The SMILES string of the molecule is CCN(CC)CCC(C)CCC(=O)O. The molecule has 0 saturated carbocycles. The van der Waals surface area contributed by atoms with E-state index in [9.17, 15) is 4.79 Å². The summed E-state index contributed by atoms with van der Waals surface area (Å²) in [5.74, 6) is -0.161. The smallest absolute Gasteiger partial charge is 0.303 e. The average Bonchev–Trinajstić information content (AvgIpc) is 2.16. The maximum atomic E-state index is 10.3. The average molecular weight is 201 g/mol. The lowest BCUT2D eigenvalue weighted by atomic mass is 10.0. The van der Waals surface area contributed by atoms with Crippen LogP contribution >= 0.6 is 0 Å². The molecule has 0 fully saturated rings. The van der Waals surface area contributed by atoms with E-state index in [2.05, 4.69) is 25.7 Å². The van der Waals surface area contributed by atoms with Crippen molar-refractivity contribution in [1.82, 2.24) is 4.90 Å². The molecule has 0 saturated heterocycles. The van der Waals surface area contributed by atoms with E-state index in [1.807, 2.05) is 0 Å². The summed E-state index contributed by atoms with van der Waals surface area (Å²) < 4.78 is 0. The summed E-state index contributed by atoms with van der Waals surface area (Å²) in [7, 11) is 0. The van der Waals surface area contributed by atoms with E-state index in [1.165, 1.54) is 0 Å². The lowest BCUT2D eigenvalue weighted by Gasteiger charge is -2.20. The van der Waals surface area contributed by atoms with Gasteiger partial charge in [-0.05, 0) is 38.4 Å². The molecular weight excluding hydrogens is 178 g/mol. The fourth-order valence-corrected chi connectivity index (χ4v) is 1.46. The van der Waals surface area contributed by atoms with Crippen molar-refractivity contribution in [3.05, 3.63) is 0 Å². The van der Waals surface area contributed by atoms with Crippen molar-refractivity contribution >= 4 is 5.97 Å². The molecule has 3 heteroatoms. The van der Waals surface area contributed by atoms with Crippen LogP contribution in [0.3, 0.4) is 0 Å². The van der Waals surface area contributed by atoms with E-state index >= 15 is 0 Å². The normalized spacial score (nSPS) is 13.1. The van der Waals surface area contributed by atoms with Crippen LogP contribution in [0.2, 0.25) is 0 Å². The van der Waals surface area contributed by atoms with Crippen molar-refractivity contribution in [3.8, 4) is 0 Å². The van der Waals surface area contributed by atoms with Crippen LogP contribution in [0.25, 0.3) is 0 Å². The number of hydrogen-bond acceptors (Lipinski definition) is 2. The molecule has 0 aromatic rings.